The normalized spacial score (nSPS) is 28.9. The molecule has 1 fully saturated rings. The highest BCUT2D eigenvalue weighted by Gasteiger charge is 2.50. The lowest BCUT2D eigenvalue weighted by Gasteiger charge is -2.20. The average Bonchev–Trinajstić information content (AvgIpc) is 2.83. The van der Waals surface area contributed by atoms with Gasteiger partial charge in [0, 0.05) is 19.3 Å². The number of nitrogens with zero attached hydrogens (tertiary/aromatic N) is 1. The monoisotopic (exact) mass is 202 g/mol. The average molecular weight is 202 g/mol. The summed E-state index contributed by atoms with van der Waals surface area (Å²) in [6, 6.07) is 8.12. The van der Waals surface area contributed by atoms with Crippen molar-refractivity contribution in [1.29, 1.82) is 0 Å². The lowest BCUT2D eigenvalue weighted by Crippen LogP contribution is -2.40. The van der Waals surface area contributed by atoms with Crippen molar-refractivity contribution in [3.8, 4) is 0 Å². The van der Waals surface area contributed by atoms with Gasteiger partial charge >= 0.3 is 0 Å². The second-order valence-corrected chi connectivity index (χ2v) is 4.39. The van der Waals surface area contributed by atoms with Gasteiger partial charge in [-0.2, -0.15) is 0 Å². The van der Waals surface area contributed by atoms with Crippen LogP contribution in [0.5, 0.6) is 0 Å². The molecule has 1 amide bonds. The molecule has 2 aliphatic heterocycles. The quantitative estimate of drug-likeness (QED) is 0.677. The Bertz CT molecular complexity index is 421. The number of benzene rings is 1. The maximum atomic E-state index is 12.3. The first-order valence-electron chi connectivity index (χ1n) is 5.34. The number of rotatable bonds is 0. The van der Waals surface area contributed by atoms with E-state index in [9.17, 15) is 4.79 Å². The molecule has 1 spiro atoms. The van der Waals surface area contributed by atoms with E-state index in [0.717, 1.165) is 25.2 Å². The minimum absolute atomic E-state index is 0.244. The zero-order valence-electron chi connectivity index (χ0n) is 8.79. The van der Waals surface area contributed by atoms with Crippen molar-refractivity contribution in [2.45, 2.75) is 11.8 Å². The Kier molecular flexibility index (Phi) is 1.68. The van der Waals surface area contributed by atoms with Gasteiger partial charge in [-0.1, -0.05) is 18.2 Å². The standard InChI is InChI=1S/C12H14N2O/c1-14-10-5-3-2-4-9(10)12(11(14)15)6-7-13-8-12/h2-5,13H,6-8H2,1H3. The van der Waals surface area contributed by atoms with Crippen LogP contribution in [-0.4, -0.2) is 26.0 Å². The first kappa shape index (κ1) is 8.92. The summed E-state index contributed by atoms with van der Waals surface area (Å²) in [4.78, 5) is 14.1. The maximum absolute atomic E-state index is 12.3. The van der Waals surface area contributed by atoms with Crippen LogP contribution in [0.4, 0.5) is 5.69 Å². The summed E-state index contributed by atoms with van der Waals surface area (Å²) in [7, 11) is 1.87. The van der Waals surface area contributed by atoms with E-state index in [0.29, 0.717) is 0 Å². The number of anilines is 1. The highest BCUT2D eigenvalue weighted by molar-refractivity contribution is 6.08. The fourth-order valence-corrected chi connectivity index (χ4v) is 2.82. The second kappa shape index (κ2) is 2.83. The summed E-state index contributed by atoms with van der Waals surface area (Å²) >= 11 is 0. The number of hydrogen-bond acceptors (Lipinski definition) is 2. The fourth-order valence-electron chi connectivity index (χ4n) is 2.82. The summed E-state index contributed by atoms with van der Waals surface area (Å²) in [5.41, 5.74) is 2.00. The minimum Gasteiger partial charge on any atom is -0.315 e. The largest absolute Gasteiger partial charge is 0.315 e. The molecule has 1 saturated heterocycles. The summed E-state index contributed by atoms with van der Waals surface area (Å²) in [6.07, 6.45) is 0.924. The van der Waals surface area contributed by atoms with Crippen LogP contribution >= 0.6 is 0 Å². The maximum Gasteiger partial charge on any atom is 0.238 e. The Morgan fingerprint density at radius 3 is 2.93 bits per heavy atom. The molecule has 78 valence electrons. The Morgan fingerprint density at radius 1 is 1.40 bits per heavy atom. The van der Waals surface area contributed by atoms with Crippen LogP contribution in [0.1, 0.15) is 12.0 Å². The zero-order valence-corrected chi connectivity index (χ0v) is 8.79. The van der Waals surface area contributed by atoms with Crippen LogP contribution in [0, 0.1) is 0 Å². The number of para-hydroxylation sites is 1. The highest BCUT2D eigenvalue weighted by Crippen LogP contribution is 2.44. The Balaban J connectivity index is 2.22. The smallest absolute Gasteiger partial charge is 0.238 e. The van der Waals surface area contributed by atoms with Crippen LogP contribution in [0.2, 0.25) is 0 Å². The van der Waals surface area contributed by atoms with E-state index in [1.54, 1.807) is 4.90 Å². The van der Waals surface area contributed by atoms with Gasteiger partial charge in [-0.25, -0.2) is 0 Å². The topological polar surface area (TPSA) is 32.3 Å². The Labute approximate surface area is 89.1 Å². The number of hydrogen-bond donors (Lipinski definition) is 1. The third-order valence-corrected chi connectivity index (χ3v) is 3.65. The predicted molar refractivity (Wildman–Crippen MR) is 59.0 cm³/mol. The van der Waals surface area contributed by atoms with Crippen LogP contribution in [0.25, 0.3) is 0 Å². The molecule has 1 aromatic rings. The van der Waals surface area contributed by atoms with E-state index < -0.39 is 0 Å². The molecule has 1 N–H and O–H groups in total. The zero-order chi connectivity index (χ0) is 10.5. The molecule has 3 nitrogen and oxygen atoms in total. The van der Waals surface area contributed by atoms with Crippen LogP contribution in [-0.2, 0) is 10.2 Å². The number of nitrogens with one attached hydrogen (secondary N) is 1. The molecule has 3 heteroatoms. The number of amides is 1. The van der Waals surface area contributed by atoms with Crippen molar-refractivity contribution >= 4 is 11.6 Å². The Morgan fingerprint density at radius 2 is 2.20 bits per heavy atom. The van der Waals surface area contributed by atoms with Crippen LogP contribution in [0.15, 0.2) is 24.3 Å². The van der Waals surface area contributed by atoms with Crippen LogP contribution in [0.3, 0.4) is 0 Å². The molecule has 1 atom stereocenters. The third-order valence-electron chi connectivity index (χ3n) is 3.65. The Hall–Kier alpha value is -1.35. The third kappa shape index (κ3) is 0.960. The van der Waals surface area contributed by atoms with E-state index in [-0.39, 0.29) is 11.3 Å². The number of fused-ring (bicyclic) bond motifs is 2. The van der Waals surface area contributed by atoms with Crippen molar-refractivity contribution in [3.05, 3.63) is 29.8 Å². The van der Waals surface area contributed by atoms with E-state index in [1.165, 1.54) is 5.56 Å². The van der Waals surface area contributed by atoms with Crippen molar-refractivity contribution in [2.24, 2.45) is 0 Å². The molecule has 0 aromatic heterocycles. The van der Waals surface area contributed by atoms with Crippen molar-refractivity contribution in [3.63, 3.8) is 0 Å². The number of likely N-dealkylation sites (N-methyl/N-ethyl adjacent to an activating group) is 1. The molecule has 0 saturated carbocycles. The SMILES string of the molecule is CN1C(=O)C2(CCNC2)c2ccccc21. The van der Waals surface area contributed by atoms with Gasteiger partial charge in [0.25, 0.3) is 0 Å². The summed E-state index contributed by atoms with van der Waals surface area (Å²) in [5, 5.41) is 3.30. The number of carbonyl (C=O) groups is 1. The molecule has 3 rings (SSSR count). The molecule has 2 aliphatic rings. The van der Waals surface area contributed by atoms with E-state index in [4.69, 9.17) is 0 Å². The summed E-state index contributed by atoms with van der Waals surface area (Å²) in [6.45, 7) is 1.72. The minimum atomic E-state index is -0.272. The molecular formula is C12H14N2O. The van der Waals surface area contributed by atoms with Gasteiger partial charge < -0.3 is 10.2 Å². The summed E-state index contributed by atoms with van der Waals surface area (Å²) in [5.74, 6) is 0.244. The van der Waals surface area contributed by atoms with E-state index in [2.05, 4.69) is 11.4 Å². The first-order valence-corrected chi connectivity index (χ1v) is 5.34. The van der Waals surface area contributed by atoms with Gasteiger partial charge in [0.15, 0.2) is 0 Å². The van der Waals surface area contributed by atoms with Gasteiger partial charge in [0.1, 0.15) is 0 Å². The lowest BCUT2D eigenvalue weighted by molar-refractivity contribution is -0.122. The van der Waals surface area contributed by atoms with E-state index >= 15 is 0 Å². The molecule has 1 unspecified atom stereocenters. The molecular weight excluding hydrogens is 188 g/mol. The molecule has 0 aliphatic carbocycles. The molecule has 0 radical (unpaired) electrons. The van der Waals surface area contributed by atoms with Crippen molar-refractivity contribution in [2.75, 3.05) is 25.0 Å². The molecule has 2 heterocycles. The van der Waals surface area contributed by atoms with Gasteiger partial charge in [0.05, 0.1) is 5.41 Å². The predicted octanol–water partition coefficient (Wildman–Crippen LogP) is 0.894. The van der Waals surface area contributed by atoms with Gasteiger partial charge in [0.2, 0.25) is 5.91 Å². The highest BCUT2D eigenvalue weighted by atomic mass is 16.2. The van der Waals surface area contributed by atoms with E-state index in [1.807, 2.05) is 25.2 Å². The molecule has 15 heavy (non-hydrogen) atoms. The molecule has 0 bridgehead atoms. The fraction of sp³-hybridized carbons (Fsp3) is 0.417. The number of carbonyl (C=O) groups excluding carboxylic acids is 1. The van der Waals surface area contributed by atoms with Gasteiger partial charge in [-0.05, 0) is 24.6 Å². The van der Waals surface area contributed by atoms with Crippen LogP contribution < -0.4 is 10.2 Å². The second-order valence-electron chi connectivity index (χ2n) is 4.39. The van der Waals surface area contributed by atoms with Gasteiger partial charge in [-0.15, -0.1) is 0 Å². The molecule has 1 aromatic carbocycles. The summed E-state index contributed by atoms with van der Waals surface area (Å²) < 4.78 is 0. The van der Waals surface area contributed by atoms with Gasteiger partial charge in [-0.3, -0.25) is 4.79 Å². The van der Waals surface area contributed by atoms with Crippen molar-refractivity contribution in [1.82, 2.24) is 5.32 Å². The lowest BCUT2D eigenvalue weighted by atomic mass is 9.81. The van der Waals surface area contributed by atoms with Crippen molar-refractivity contribution < 1.29 is 4.79 Å². The first-order chi connectivity index (χ1) is 7.26.